The minimum atomic E-state index is -0.284. The van der Waals surface area contributed by atoms with E-state index >= 15 is 0 Å². The van der Waals surface area contributed by atoms with Crippen molar-refractivity contribution in [1.29, 1.82) is 0 Å². The quantitative estimate of drug-likeness (QED) is 0.495. The van der Waals surface area contributed by atoms with Gasteiger partial charge < -0.3 is 0 Å². The molecule has 1 aliphatic heterocycles. The zero-order valence-corrected chi connectivity index (χ0v) is 11.7. The van der Waals surface area contributed by atoms with Crippen molar-refractivity contribution in [3.8, 4) is 0 Å². The monoisotopic (exact) mass is 261 g/mol. The second-order valence-corrected chi connectivity index (χ2v) is 5.26. The summed E-state index contributed by atoms with van der Waals surface area (Å²) >= 11 is 0. The minimum Gasteiger partial charge on any atom is -0.293 e. The summed E-state index contributed by atoms with van der Waals surface area (Å²) in [4.78, 5) is 14.5. The number of hydrazine groups is 1. The summed E-state index contributed by atoms with van der Waals surface area (Å²) in [5.74, 6) is 5.26. The molecule has 3 unspecified atom stereocenters. The number of carbonyl (C=O) groups is 1. The molecular weight excluding hydrogens is 238 g/mol. The van der Waals surface area contributed by atoms with E-state index in [2.05, 4.69) is 24.2 Å². The Morgan fingerprint density at radius 1 is 1.42 bits per heavy atom. The summed E-state index contributed by atoms with van der Waals surface area (Å²) in [6.07, 6.45) is 3.35. The fourth-order valence-corrected chi connectivity index (χ4v) is 3.15. The van der Waals surface area contributed by atoms with Crippen LogP contribution in [0.25, 0.3) is 0 Å². The Balaban J connectivity index is 2.35. The third-order valence-electron chi connectivity index (χ3n) is 4.12. The van der Waals surface area contributed by atoms with Crippen LogP contribution in [0.4, 0.5) is 0 Å². The highest BCUT2D eigenvalue weighted by Crippen LogP contribution is 2.35. The molecule has 3 atom stereocenters. The maximum Gasteiger partial charge on any atom is 0.255 e. The van der Waals surface area contributed by atoms with Gasteiger partial charge in [-0.05, 0) is 31.7 Å². The molecule has 0 aromatic heterocycles. The first-order valence-electron chi connectivity index (χ1n) is 7.01. The number of nitrogens with one attached hydrogen (secondary N) is 1. The summed E-state index contributed by atoms with van der Waals surface area (Å²) in [6.45, 7) is 4.37. The molecule has 1 aromatic carbocycles. The molecule has 19 heavy (non-hydrogen) atoms. The largest absolute Gasteiger partial charge is 0.293 e. The molecule has 1 amide bonds. The highest BCUT2D eigenvalue weighted by molar-refractivity contribution is 5.82. The zero-order chi connectivity index (χ0) is 13.8. The van der Waals surface area contributed by atoms with E-state index in [4.69, 9.17) is 5.84 Å². The third kappa shape index (κ3) is 2.80. The van der Waals surface area contributed by atoms with Crippen LogP contribution in [-0.2, 0) is 4.79 Å². The van der Waals surface area contributed by atoms with E-state index < -0.39 is 0 Å². The Morgan fingerprint density at radius 3 is 2.68 bits per heavy atom. The number of benzene rings is 1. The van der Waals surface area contributed by atoms with Crippen molar-refractivity contribution in [2.24, 2.45) is 5.84 Å². The number of hydrogen-bond acceptors (Lipinski definition) is 3. The van der Waals surface area contributed by atoms with E-state index in [-0.39, 0.29) is 11.9 Å². The number of hydrogen-bond donors (Lipinski definition) is 2. The topological polar surface area (TPSA) is 58.4 Å². The van der Waals surface area contributed by atoms with Crippen molar-refractivity contribution in [2.75, 3.05) is 0 Å². The van der Waals surface area contributed by atoms with Crippen molar-refractivity contribution in [2.45, 2.75) is 51.2 Å². The predicted molar refractivity (Wildman–Crippen MR) is 76.1 cm³/mol. The van der Waals surface area contributed by atoms with Crippen LogP contribution >= 0.6 is 0 Å². The van der Waals surface area contributed by atoms with Gasteiger partial charge >= 0.3 is 0 Å². The van der Waals surface area contributed by atoms with Gasteiger partial charge in [0.15, 0.2) is 0 Å². The van der Waals surface area contributed by atoms with Crippen molar-refractivity contribution < 1.29 is 4.79 Å². The lowest BCUT2D eigenvalue weighted by Gasteiger charge is -2.35. The number of amides is 1. The molecule has 1 heterocycles. The molecule has 104 valence electrons. The fraction of sp³-hybridized carbons (Fsp3) is 0.533. The van der Waals surface area contributed by atoms with Gasteiger partial charge in [-0.25, -0.2) is 5.84 Å². The van der Waals surface area contributed by atoms with Crippen LogP contribution in [0.3, 0.4) is 0 Å². The van der Waals surface area contributed by atoms with E-state index in [0.29, 0.717) is 12.1 Å². The van der Waals surface area contributed by atoms with Crippen LogP contribution in [0.15, 0.2) is 30.3 Å². The molecule has 1 aliphatic rings. The van der Waals surface area contributed by atoms with Gasteiger partial charge in [0.2, 0.25) is 0 Å². The van der Waals surface area contributed by atoms with Crippen molar-refractivity contribution in [3.05, 3.63) is 35.9 Å². The van der Waals surface area contributed by atoms with Crippen LogP contribution in [0.1, 0.15) is 44.7 Å². The maximum absolute atomic E-state index is 12.2. The Labute approximate surface area is 114 Å². The average molecular weight is 261 g/mol. The molecule has 1 fully saturated rings. The molecule has 2 rings (SSSR count). The summed E-state index contributed by atoms with van der Waals surface area (Å²) < 4.78 is 0. The molecule has 4 heteroatoms. The average Bonchev–Trinajstić information content (AvgIpc) is 2.81. The van der Waals surface area contributed by atoms with Crippen LogP contribution in [0.2, 0.25) is 0 Å². The van der Waals surface area contributed by atoms with Crippen LogP contribution in [-0.4, -0.2) is 22.9 Å². The van der Waals surface area contributed by atoms with Crippen molar-refractivity contribution >= 4 is 5.91 Å². The van der Waals surface area contributed by atoms with Gasteiger partial charge in [-0.3, -0.25) is 15.1 Å². The van der Waals surface area contributed by atoms with Crippen LogP contribution < -0.4 is 11.3 Å². The SMILES string of the molecule is CCC1CCC(C)N1C(C(=O)NN)c1ccccc1. The number of nitrogens with zero attached hydrogens (tertiary/aromatic N) is 1. The van der Waals surface area contributed by atoms with Gasteiger partial charge in [0.25, 0.3) is 5.91 Å². The summed E-state index contributed by atoms with van der Waals surface area (Å²) in [5.41, 5.74) is 3.34. The van der Waals surface area contributed by atoms with Gasteiger partial charge in [-0.15, -0.1) is 0 Å². The Bertz CT molecular complexity index is 421. The first-order chi connectivity index (χ1) is 9.19. The van der Waals surface area contributed by atoms with Gasteiger partial charge in [0.05, 0.1) is 0 Å². The summed E-state index contributed by atoms with van der Waals surface area (Å²) in [5, 5.41) is 0. The molecule has 1 aromatic rings. The first-order valence-corrected chi connectivity index (χ1v) is 7.01. The van der Waals surface area contributed by atoms with Gasteiger partial charge in [0, 0.05) is 12.1 Å². The van der Waals surface area contributed by atoms with E-state index in [1.165, 1.54) is 0 Å². The molecule has 0 radical (unpaired) electrons. The minimum absolute atomic E-state index is 0.126. The number of nitrogens with two attached hydrogens (primary N) is 1. The zero-order valence-electron chi connectivity index (χ0n) is 11.7. The summed E-state index contributed by atoms with van der Waals surface area (Å²) in [7, 11) is 0. The number of likely N-dealkylation sites (tertiary alicyclic amines) is 1. The van der Waals surface area contributed by atoms with Crippen molar-refractivity contribution in [1.82, 2.24) is 10.3 Å². The second kappa shape index (κ2) is 6.17. The normalized spacial score (nSPS) is 25.2. The highest BCUT2D eigenvalue weighted by Gasteiger charge is 2.38. The Morgan fingerprint density at radius 2 is 2.11 bits per heavy atom. The standard InChI is InChI=1S/C15H23N3O/c1-3-13-10-9-11(2)18(13)14(15(19)17-16)12-7-5-4-6-8-12/h4-8,11,13-14H,3,9-10,16H2,1-2H3,(H,17,19). The van der Waals surface area contributed by atoms with E-state index in [1.807, 2.05) is 30.3 Å². The molecule has 0 aliphatic carbocycles. The first kappa shape index (κ1) is 14.0. The second-order valence-electron chi connectivity index (χ2n) is 5.26. The lowest BCUT2D eigenvalue weighted by atomic mass is 10.0. The molecule has 0 spiro atoms. The maximum atomic E-state index is 12.2. The molecule has 0 bridgehead atoms. The highest BCUT2D eigenvalue weighted by atomic mass is 16.2. The Kier molecular flexibility index (Phi) is 4.56. The third-order valence-corrected chi connectivity index (χ3v) is 4.12. The van der Waals surface area contributed by atoms with Gasteiger partial charge in [-0.2, -0.15) is 0 Å². The van der Waals surface area contributed by atoms with Crippen molar-refractivity contribution in [3.63, 3.8) is 0 Å². The predicted octanol–water partition coefficient (Wildman–Crippen LogP) is 1.98. The van der Waals surface area contributed by atoms with E-state index in [1.54, 1.807) is 0 Å². The lowest BCUT2D eigenvalue weighted by molar-refractivity contribution is -0.128. The molecule has 4 nitrogen and oxygen atoms in total. The molecule has 3 N–H and O–H groups in total. The van der Waals surface area contributed by atoms with Gasteiger partial charge in [0.1, 0.15) is 6.04 Å². The molecule has 1 saturated heterocycles. The van der Waals surface area contributed by atoms with Gasteiger partial charge in [-0.1, -0.05) is 37.3 Å². The smallest absolute Gasteiger partial charge is 0.255 e. The number of carbonyl (C=O) groups excluding carboxylic acids is 1. The van der Waals surface area contributed by atoms with E-state index in [9.17, 15) is 4.79 Å². The summed E-state index contributed by atoms with van der Waals surface area (Å²) in [6, 6.07) is 10.5. The fourth-order valence-electron chi connectivity index (χ4n) is 3.15. The van der Waals surface area contributed by atoms with Crippen LogP contribution in [0, 0.1) is 0 Å². The Hall–Kier alpha value is -1.39. The van der Waals surface area contributed by atoms with E-state index in [0.717, 1.165) is 24.8 Å². The lowest BCUT2D eigenvalue weighted by Crippen LogP contribution is -2.47. The molecular formula is C15H23N3O. The van der Waals surface area contributed by atoms with Crippen LogP contribution in [0.5, 0.6) is 0 Å². The number of rotatable bonds is 4. The molecule has 0 saturated carbocycles.